The van der Waals surface area contributed by atoms with E-state index in [4.69, 9.17) is 0 Å². The minimum atomic E-state index is -5.31. The van der Waals surface area contributed by atoms with Crippen LogP contribution in [0.2, 0.25) is 0 Å². The maximum atomic E-state index is 13.8. The van der Waals surface area contributed by atoms with Crippen molar-refractivity contribution in [2.24, 2.45) is 0 Å². The number of hydrogen-bond donors (Lipinski definition) is 0. The summed E-state index contributed by atoms with van der Waals surface area (Å²) < 4.78 is 41.4. The van der Waals surface area contributed by atoms with Crippen molar-refractivity contribution in [3.8, 4) is 0 Å². The van der Waals surface area contributed by atoms with Gasteiger partial charge in [-0.25, -0.2) is 0 Å². The molecule has 13 nitrogen and oxygen atoms in total. The Morgan fingerprint density at radius 3 is 1.78 bits per heavy atom. The minimum absolute atomic E-state index is 0.0413. The van der Waals surface area contributed by atoms with Gasteiger partial charge >= 0.3 is 6.18 Å². The third-order valence-electron chi connectivity index (χ3n) is 4.16. The highest BCUT2D eigenvalue weighted by atomic mass is 19.4. The lowest BCUT2D eigenvalue weighted by molar-refractivity contribution is -0.394. The van der Waals surface area contributed by atoms with Gasteiger partial charge in [-0.2, -0.15) is 13.2 Å². The van der Waals surface area contributed by atoms with E-state index in [1.54, 1.807) is 0 Å². The van der Waals surface area contributed by atoms with Gasteiger partial charge in [0, 0.05) is 18.7 Å². The smallest absolute Gasteiger partial charge is 0.330 e. The normalized spacial score (nSPS) is 11.1. The van der Waals surface area contributed by atoms with Crippen LogP contribution in [-0.2, 0) is 6.18 Å². The van der Waals surface area contributed by atoms with E-state index in [-0.39, 0.29) is 12.5 Å². The number of rotatable bonds is 8. The van der Waals surface area contributed by atoms with Gasteiger partial charge in [-0.1, -0.05) is 6.92 Å². The van der Waals surface area contributed by atoms with Gasteiger partial charge in [0.2, 0.25) is 0 Å². The number of halogens is 3. The van der Waals surface area contributed by atoms with E-state index in [1.165, 1.54) is 6.92 Å². The number of alkyl halides is 3. The highest BCUT2D eigenvalue weighted by molar-refractivity contribution is 5.82. The Kier molecular flexibility index (Phi) is 6.56. The molecular formula is C16H12F3N5O8. The molecule has 0 aliphatic rings. The lowest BCUT2D eigenvalue weighted by atomic mass is 10.1. The molecule has 0 aliphatic heterocycles. The van der Waals surface area contributed by atoms with Crippen molar-refractivity contribution in [2.45, 2.75) is 19.5 Å². The van der Waals surface area contributed by atoms with Crippen LogP contribution < -0.4 is 4.90 Å². The molecule has 170 valence electrons. The van der Waals surface area contributed by atoms with Gasteiger partial charge < -0.3 is 4.90 Å². The molecule has 0 saturated carbocycles. The first-order valence-electron chi connectivity index (χ1n) is 8.54. The Balaban J connectivity index is 2.99. The topological polar surface area (TPSA) is 176 Å². The van der Waals surface area contributed by atoms with Gasteiger partial charge in [0.1, 0.15) is 11.4 Å². The molecular weight excluding hydrogens is 447 g/mol. The summed E-state index contributed by atoms with van der Waals surface area (Å²) in [6.45, 7) is 1.05. The second-order valence-corrected chi connectivity index (χ2v) is 6.21. The zero-order valence-electron chi connectivity index (χ0n) is 15.9. The average Bonchev–Trinajstić information content (AvgIpc) is 2.69. The molecule has 2 aromatic rings. The molecule has 2 rings (SSSR count). The van der Waals surface area contributed by atoms with Crippen molar-refractivity contribution in [2.75, 3.05) is 11.4 Å². The SMILES string of the molecule is CCCN(c1ccc([N+](=O)[O-])cc1[N+](=O)[O-])c1c([N+](=O)[O-])cc([N+](=O)[O-])cc1C(F)(F)F. The number of nitro groups is 4. The molecule has 0 fully saturated rings. The molecule has 16 heteroatoms. The number of nitro benzene ring substituents is 4. The molecule has 0 bridgehead atoms. The predicted molar refractivity (Wildman–Crippen MR) is 102 cm³/mol. The fraction of sp³-hybridized carbons (Fsp3) is 0.250. The molecule has 0 saturated heterocycles. The fourth-order valence-electron chi connectivity index (χ4n) is 2.92. The minimum Gasteiger partial charge on any atom is -0.330 e. The standard InChI is InChI=1S/C16H12F3N5O8/c1-2-5-20(12-4-3-9(21(25)26)7-13(12)23(29)30)15-11(16(17,18)19)6-10(22(27)28)8-14(15)24(31)32/h3-4,6-8H,2,5H2,1H3. The predicted octanol–water partition coefficient (Wildman–Crippen LogP) is 4.89. The summed E-state index contributed by atoms with van der Waals surface area (Å²) in [5.74, 6) is 0. The number of anilines is 2. The average molecular weight is 459 g/mol. The quantitative estimate of drug-likeness (QED) is 0.393. The zero-order chi connectivity index (χ0) is 24.4. The van der Waals surface area contributed by atoms with E-state index in [0.29, 0.717) is 17.0 Å². The summed E-state index contributed by atoms with van der Waals surface area (Å²) in [6.07, 6.45) is -5.27. The second kappa shape index (κ2) is 8.78. The van der Waals surface area contributed by atoms with E-state index in [1.807, 2.05) is 0 Å². The molecule has 0 atom stereocenters. The molecule has 0 aromatic heterocycles. The Bertz CT molecular complexity index is 1120. The Labute approximate surface area is 175 Å². The van der Waals surface area contributed by atoms with Crippen molar-refractivity contribution in [1.82, 2.24) is 0 Å². The number of nitrogens with zero attached hydrogens (tertiary/aromatic N) is 5. The maximum absolute atomic E-state index is 13.8. The van der Waals surface area contributed by atoms with E-state index in [9.17, 15) is 53.6 Å². The first kappa shape index (κ1) is 23.9. The first-order valence-corrected chi connectivity index (χ1v) is 8.54. The van der Waals surface area contributed by atoms with Gasteiger partial charge in [0.15, 0.2) is 0 Å². The van der Waals surface area contributed by atoms with Gasteiger partial charge in [0.05, 0.1) is 37.4 Å². The lowest BCUT2D eigenvalue weighted by Crippen LogP contribution is -2.24. The monoisotopic (exact) mass is 459 g/mol. The third-order valence-corrected chi connectivity index (χ3v) is 4.16. The summed E-state index contributed by atoms with van der Waals surface area (Å²) in [7, 11) is 0. The Morgan fingerprint density at radius 1 is 0.812 bits per heavy atom. The fourth-order valence-corrected chi connectivity index (χ4v) is 2.92. The molecule has 0 spiro atoms. The molecule has 0 unspecified atom stereocenters. The molecule has 2 aromatic carbocycles. The van der Waals surface area contributed by atoms with Crippen LogP contribution in [0.4, 0.5) is 47.3 Å². The molecule has 0 aliphatic carbocycles. The summed E-state index contributed by atoms with van der Waals surface area (Å²) in [5, 5.41) is 45.0. The lowest BCUT2D eigenvalue weighted by Gasteiger charge is -2.26. The van der Waals surface area contributed by atoms with E-state index in [0.717, 1.165) is 12.1 Å². The van der Waals surface area contributed by atoms with Crippen molar-refractivity contribution < 1.29 is 32.9 Å². The van der Waals surface area contributed by atoms with Crippen LogP contribution in [0.5, 0.6) is 0 Å². The highest BCUT2D eigenvalue weighted by Crippen LogP contribution is 2.48. The summed E-state index contributed by atoms with van der Waals surface area (Å²) in [5.41, 5.74) is -7.74. The van der Waals surface area contributed by atoms with E-state index < -0.39 is 72.1 Å². The van der Waals surface area contributed by atoms with Crippen LogP contribution in [-0.4, -0.2) is 26.2 Å². The van der Waals surface area contributed by atoms with Gasteiger partial charge in [-0.05, 0) is 12.5 Å². The summed E-state index contributed by atoms with van der Waals surface area (Å²) in [6, 6.07) is 2.47. The third kappa shape index (κ3) is 4.68. The van der Waals surface area contributed by atoms with Crippen LogP contribution in [0.3, 0.4) is 0 Å². The van der Waals surface area contributed by atoms with Crippen molar-refractivity contribution >= 4 is 34.1 Å². The molecule has 0 N–H and O–H groups in total. The zero-order valence-corrected chi connectivity index (χ0v) is 15.9. The number of benzene rings is 2. The van der Waals surface area contributed by atoms with Gasteiger partial charge in [0.25, 0.3) is 22.7 Å². The van der Waals surface area contributed by atoms with Crippen LogP contribution >= 0.6 is 0 Å². The largest absolute Gasteiger partial charge is 0.418 e. The second-order valence-electron chi connectivity index (χ2n) is 6.21. The highest BCUT2D eigenvalue weighted by Gasteiger charge is 2.42. The van der Waals surface area contributed by atoms with Crippen molar-refractivity contribution in [3.63, 3.8) is 0 Å². The summed E-state index contributed by atoms with van der Waals surface area (Å²) in [4.78, 5) is 41.0. The van der Waals surface area contributed by atoms with Gasteiger partial charge in [-0.15, -0.1) is 0 Å². The van der Waals surface area contributed by atoms with Crippen LogP contribution in [0.1, 0.15) is 18.9 Å². The van der Waals surface area contributed by atoms with Crippen LogP contribution in [0, 0.1) is 40.5 Å². The van der Waals surface area contributed by atoms with Crippen molar-refractivity contribution in [1.29, 1.82) is 0 Å². The molecule has 0 radical (unpaired) electrons. The molecule has 0 amide bonds. The van der Waals surface area contributed by atoms with Crippen molar-refractivity contribution in [3.05, 3.63) is 76.4 Å². The first-order chi connectivity index (χ1) is 14.8. The van der Waals surface area contributed by atoms with E-state index >= 15 is 0 Å². The number of hydrogen-bond acceptors (Lipinski definition) is 9. The Morgan fingerprint density at radius 2 is 1.34 bits per heavy atom. The molecule has 32 heavy (non-hydrogen) atoms. The van der Waals surface area contributed by atoms with E-state index in [2.05, 4.69) is 0 Å². The number of non-ortho nitro benzene ring substituents is 2. The summed E-state index contributed by atoms with van der Waals surface area (Å²) >= 11 is 0. The van der Waals surface area contributed by atoms with Crippen LogP contribution in [0.25, 0.3) is 0 Å². The van der Waals surface area contributed by atoms with Crippen LogP contribution in [0.15, 0.2) is 30.3 Å². The Hall–Kier alpha value is -4.37. The maximum Gasteiger partial charge on any atom is 0.418 e. The molecule has 0 heterocycles. The van der Waals surface area contributed by atoms with Gasteiger partial charge in [-0.3, -0.25) is 40.5 Å².